The molecule has 4 aliphatic rings. The number of likely N-dealkylation sites (tertiary alicyclic amines) is 1. The van der Waals surface area contributed by atoms with Gasteiger partial charge in [0.1, 0.15) is 6.04 Å². The van der Waals surface area contributed by atoms with Crippen molar-refractivity contribution in [3.8, 4) is 0 Å². The van der Waals surface area contributed by atoms with E-state index in [-0.39, 0.29) is 36.1 Å². The molecule has 0 radical (unpaired) electrons. The zero-order valence-electron chi connectivity index (χ0n) is 19.2. The zero-order chi connectivity index (χ0) is 24.2. The van der Waals surface area contributed by atoms with Crippen LogP contribution in [0.3, 0.4) is 0 Å². The Morgan fingerprint density at radius 2 is 1.94 bits per heavy atom. The summed E-state index contributed by atoms with van der Waals surface area (Å²) in [5.74, 6) is -1.63. The van der Waals surface area contributed by atoms with Gasteiger partial charge in [0.25, 0.3) is 5.91 Å². The molecule has 4 aliphatic heterocycles. The number of hydrogen-bond acceptors (Lipinski definition) is 5. The third-order valence-corrected chi connectivity index (χ3v) is 9.42. The maximum Gasteiger partial charge on any atom is 0.251 e. The van der Waals surface area contributed by atoms with Gasteiger partial charge in [-0.05, 0) is 25.0 Å². The van der Waals surface area contributed by atoms with Gasteiger partial charge in [0.15, 0.2) is 0 Å². The summed E-state index contributed by atoms with van der Waals surface area (Å²) >= 11 is 8.09. The number of para-hydroxylation sites is 1. The van der Waals surface area contributed by atoms with Crippen LogP contribution >= 0.6 is 23.4 Å². The summed E-state index contributed by atoms with van der Waals surface area (Å²) < 4.78 is -0.860. The number of halogens is 1. The summed E-state index contributed by atoms with van der Waals surface area (Å²) in [6, 6.07) is 4.73. The Kier molecular flexibility index (Phi) is 6.02. The van der Waals surface area contributed by atoms with Crippen molar-refractivity contribution in [2.45, 2.75) is 29.4 Å². The highest BCUT2D eigenvalue weighted by Crippen LogP contribution is 2.61. The fourth-order valence-corrected chi connectivity index (χ4v) is 8.24. The first-order chi connectivity index (χ1) is 16.3. The molecule has 0 saturated carbocycles. The number of aryl methyl sites for hydroxylation is 1. The lowest BCUT2D eigenvalue weighted by Crippen LogP contribution is -2.53. The largest absolute Gasteiger partial charge is 0.396 e. The second kappa shape index (κ2) is 8.73. The fraction of sp³-hybridized carbons (Fsp3) is 0.480. The molecule has 1 aromatic rings. The second-order valence-corrected chi connectivity index (χ2v) is 11.2. The van der Waals surface area contributed by atoms with Crippen LogP contribution in [0.15, 0.2) is 42.5 Å². The van der Waals surface area contributed by atoms with E-state index in [1.165, 1.54) is 0 Å². The average Bonchev–Trinajstić information content (AvgIpc) is 3.12. The van der Waals surface area contributed by atoms with E-state index in [0.717, 1.165) is 5.56 Å². The molecule has 1 N–H and O–H groups in total. The number of rotatable bonds is 4. The number of fused-ring (bicyclic) bond motifs is 2. The molecule has 5 atom stereocenters. The molecule has 1 aromatic carbocycles. The highest BCUT2D eigenvalue weighted by Gasteiger charge is 2.70. The highest BCUT2D eigenvalue weighted by atomic mass is 35.5. The number of aliphatic hydroxyl groups is 1. The van der Waals surface area contributed by atoms with Gasteiger partial charge in [-0.2, -0.15) is 0 Å². The van der Waals surface area contributed by atoms with Crippen molar-refractivity contribution in [1.82, 2.24) is 9.80 Å². The Morgan fingerprint density at radius 3 is 2.68 bits per heavy atom. The van der Waals surface area contributed by atoms with Crippen molar-refractivity contribution in [2.75, 3.05) is 38.2 Å². The van der Waals surface area contributed by atoms with Crippen molar-refractivity contribution >= 4 is 46.8 Å². The highest BCUT2D eigenvalue weighted by molar-refractivity contribution is 8.02. The van der Waals surface area contributed by atoms with Crippen LogP contribution in [0.4, 0.5) is 5.69 Å². The quantitative estimate of drug-likeness (QED) is 0.640. The number of benzene rings is 1. The summed E-state index contributed by atoms with van der Waals surface area (Å²) in [4.78, 5) is 46.5. The number of carbonyl (C=O) groups excluding carboxylic acids is 3. The predicted octanol–water partition coefficient (Wildman–Crippen LogP) is 2.26. The summed E-state index contributed by atoms with van der Waals surface area (Å²) in [5.41, 5.74) is 1.51. The SMILES string of the molecule is Cc1cccc(Cl)c1N1CC=C[C@]23S[C@@H]4C=CCN(C)C(=O)[C@@H]4[C@H]2C(=O)N(CCCO)C3C1=O. The molecule has 3 amide bonds. The molecule has 9 heteroatoms. The Hall–Kier alpha value is -2.29. The molecule has 34 heavy (non-hydrogen) atoms. The van der Waals surface area contributed by atoms with Crippen molar-refractivity contribution in [3.05, 3.63) is 53.1 Å². The van der Waals surface area contributed by atoms with Gasteiger partial charge < -0.3 is 19.8 Å². The van der Waals surface area contributed by atoms with Crippen LogP contribution in [0.5, 0.6) is 0 Å². The van der Waals surface area contributed by atoms with Crippen LogP contribution in [0.25, 0.3) is 0 Å². The van der Waals surface area contributed by atoms with E-state index in [1.807, 2.05) is 43.4 Å². The molecule has 5 rings (SSSR count). The van der Waals surface area contributed by atoms with Gasteiger partial charge in [-0.1, -0.05) is 48.0 Å². The van der Waals surface area contributed by atoms with Crippen LogP contribution in [0, 0.1) is 18.8 Å². The molecule has 2 saturated heterocycles. The van der Waals surface area contributed by atoms with Crippen LogP contribution in [0.1, 0.15) is 12.0 Å². The van der Waals surface area contributed by atoms with Gasteiger partial charge in [0, 0.05) is 38.5 Å². The van der Waals surface area contributed by atoms with E-state index in [1.54, 1.807) is 39.6 Å². The van der Waals surface area contributed by atoms with Crippen LogP contribution in [0.2, 0.25) is 5.02 Å². The number of aliphatic hydroxyl groups excluding tert-OH is 1. The number of carbonyl (C=O) groups is 3. The van der Waals surface area contributed by atoms with Crippen molar-refractivity contribution in [1.29, 1.82) is 0 Å². The van der Waals surface area contributed by atoms with Crippen LogP contribution < -0.4 is 4.90 Å². The first-order valence-electron chi connectivity index (χ1n) is 11.6. The Labute approximate surface area is 208 Å². The Bertz CT molecular complexity index is 1090. The Morgan fingerprint density at radius 1 is 1.15 bits per heavy atom. The lowest BCUT2D eigenvalue weighted by Gasteiger charge is -2.35. The number of nitrogens with zero attached hydrogens (tertiary/aromatic N) is 3. The van der Waals surface area contributed by atoms with E-state index >= 15 is 0 Å². The average molecular weight is 502 g/mol. The molecular weight excluding hydrogens is 474 g/mol. The number of thioether (sulfide) groups is 1. The summed E-state index contributed by atoms with van der Waals surface area (Å²) in [6.07, 6.45) is 8.28. The number of anilines is 1. The van der Waals surface area contributed by atoms with Gasteiger partial charge in [-0.3, -0.25) is 14.4 Å². The minimum absolute atomic E-state index is 0.0654. The minimum Gasteiger partial charge on any atom is -0.396 e. The van der Waals surface area contributed by atoms with Crippen LogP contribution in [-0.4, -0.2) is 82.0 Å². The predicted molar refractivity (Wildman–Crippen MR) is 133 cm³/mol. The number of hydrogen-bond donors (Lipinski definition) is 1. The lowest BCUT2D eigenvalue weighted by atomic mass is 9.78. The van der Waals surface area contributed by atoms with Gasteiger partial charge in [-0.15, -0.1) is 11.8 Å². The third kappa shape index (κ3) is 3.33. The fourth-order valence-electron chi connectivity index (χ4n) is 5.91. The van der Waals surface area contributed by atoms with Crippen LogP contribution in [-0.2, 0) is 14.4 Å². The molecule has 1 unspecified atom stereocenters. The van der Waals surface area contributed by atoms with Gasteiger partial charge >= 0.3 is 0 Å². The van der Waals surface area contributed by atoms with Crippen molar-refractivity contribution in [2.24, 2.45) is 11.8 Å². The third-order valence-electron chi connectivity index (χ3n) is 7.38. The summed E-state index contributed by atoms with van der Waals surface area (Å²) in [6.45, 7) is 2.91. The molecule has 180 valence electrons. The molecule has 2 fully saturated rings. The summed E-state index contributed by atoms with van der Waals surface area (Å²) in [7, 11) is 1.75. The molecule has 0 aliphatic carbocycles. The van der Waals surface area contributed by atoms with Crippen molar-refractivity contribution in [3.63, 3.8) is 0 Å². The summed E-state index contributed by atoms with van der Waals surface area (Å²) in [5, 5.41) is 9.79. The monoisotopic (exact) mass is 501 g/mol. The van der Waals surface area contributed by atoms with Crippen molar-refractivity contribution < 1.29 is 19.5 Å². The van der Waals surface area contributed by atoms with E-state index < -0.39 is 22.6 Å². The maximum absolute atomic E-state index is 14.3. The number of likely N-dealkylation sites (N-methyl/N-ethyl adjacent to an activating group) is 1. The first-order valence-corrected chi connectivity index (χ1v) is 12.8. The van der Waals surface area contributed by atoms with Gasteiger partial charge in [-0.25, -0.2) is 0 Å². The van der Waals surface area contributed by atoms with E-state index in [0.29, 0.717) is 30.2 Å². The maximum atomic E-state index is 14.3. The molecule has 1 spiro atoms. The van der Waals surface area contributed by atoms with Gasteiger partial charge in [0.2, 0.25) is 11.8 Å². The standard InChI is InChI=1S/C25H28ClN3O4S/c1-15-7-3-8-16(26)20(15)28-12-5-10-25-19(18-17(34-25)9-4-11-27(2)22(18)31)23(32)29(13-6-14-30)21(25)24(28)33/h3-5,7-10,17-19,21,30H,6,11-14H2,1-2H3/t17-,18+,19+,21?,25+/m1/s1. The topological polar surface area (TPSA) is 81.2 Å². The molecule has 7 nitrogen and oxygen atoms in total. The van der Waals surface area contributed by atoms with Gasteiger partial charge in [0.05, 0.1) is 27.3 Å². The molecule has 0 bridgehead atoms. The van der Waals surface area contributed by atoms with E-state index in [2.05, 4.69) is 0 Å². The zero-order valence-corrected chi connectivity index (χ0v) is 20.8. The number of amides is 3. The molecule has 4 heterocycles. The minimum atomic E-state index is -0.860. The van der Waals surface area contributed by atoms with E-state index in [4.69, 9.17) is 11.6 Å². The molecular formula is C25H28ClN3O4S. The van der Waals surface area contributed by atoms with E-state index in [9.17, 15) is 19.5 Å². The Balaban J connectivity index is 1.64. The smallest absolute Gasteiger partial charge is 0.251 e. The second-order valence-electron chi connectivity index (χ2n) is 9.35. The first kappa shape index (κ1) is 23.5. The normalized spacial score (nSPS) is 32.6. The molecule has 0 aromatic heterocycles. The lowest BCUT2D eigenvalue weighted by molar-refractivity contribution is -0.142.